The van der Waals surface area contributed by atoms with Crippen molar-refractivity contribution in [1.82, 2.24) is 0 Å². The SMILES string of the molecule is Clc1cc[c]s1.[Cl][Mg][Cl]. The van der Waals surface area contributed by atoms with Crippen LogP contribution in [-0.4, -0.2) is 18.2 Å². The summed E-state index contributed by atoms with van der Waals surface area (Å²) in [6, 6.07) is 3.61. The molecule has 1 rings (SSSR count). The first kappa shape index (κ1) is 10.3. The summed E-state index contributed by atoms with van der Waals surface area (Å²) >= 11 is 6.22. The topological polar surface area (TPSA) is 0 Å². The Hall–Kier alpha value is 1.34. The Kier molecular flexibility index (Phi) is 8.55. The van der Waals surface area contributed by atoms with Gasteiger partial charge in [-0.05, 0) is 12.1 Å². The van der Waals surface area contributed by atoms with Crippen LogP contribution in [0.15, 0.2) is 12.1 Å². The lowest BCUT2D eigenvalue weighted by Gasteiger charge is -1.61. The molecule has 9 heavy (non-hydrogen) atoms. The standard InChI is InChI=1S/C4H2ClS.2ClH.Mg/c5-4-2-1-3-6-4;;;/h1-2H;2*1H;/q;;;+2/p-2. The summed E-state index contributed by atoms with van der Waals surface area (Å²) in [6.07, 6.45) is 0. The van der Waals surface area contributed by atoms with Gasteiger partial charge in [0.2, 0.25) is 0 Å². The lowest BCUT2D eigenvalue weighted by Crippen LogP contribution is -1.36. The van der Waals surface area contributed by atoms with Gasteiger partial charge in [-0.3, -0.25) is 0 Å². The second-order valence-electron chi connectivity index (χ2n) is 0.958. The van der Waals surface area contributed by atoms with E-state index < -0.39 is 18.2 Å². The Bertz CT molecular complexity index is 130. The van der Waals surface area contributed by atoms with E-state index in [9.17, 15) is 0 Å². The molecule has 0 atom stereocenters. The van der Waals surface area contributed by atoms with Gasteiger partial charge in [0.1, 0.15) is 0 Å². The van der Waals surface area contributed by atoms with Crippen LogP contribution in [0.5, 0.6) is 0 Å². The highest BCUT2D eigenvalue weighted by Gasteiger charge is 1.78. The predicted molar refractivity (Wildman–Crippen MR) is 45.6 cm³/mol. The molecule has 0 spiro atoms. The maximum atomic E-state index is 5.44. The number of halogens is 3. The van der Waals surface area contributed by atoms with Crippen molar-refractivity contribution in [3.05, 3.63) is 21.8 Å². The molecule has 0 aliphatic rings. The summed E-state index contributed by atoms with van der Waals surface area (Å²) < 4.78 is 0.801. The van der Waals surface area contributed by atoms with Gasteiger partial charge >= 0.3 is 18.2 Å². The zero-order valence-electron chi connectivity index (χ0n) is 4.40. The predicted octanol–water partition coefficient (Wildman–Crippen LogP) is 3.20. The van der Waals surface area contributed by atoms with Gasteiger partial charge in [0.15, 0.2) is 0 Å². The van der Waals surface area contributed by atoms with Crippen molar-refractivity contribution in [2.24, 2.45) is 0 Å². The largest absolute Gasteiger partial charge is 0.618 e. The van der Waals surface area contributed by atoms with E-state index in [-0.39, 0.29) is 0 Å². The van der Waals surface area contributed by atoms with E-state index in [1.54, 1.807) is 6.07 Å². The van der Waals surface area contributed by atoms with Gasteiger partial charge in [0, 0.05) is 5.38 Å². The Labute approximate surface area is 80.4 Å². The molecule has 1 heterocycles. The highest BCUT2D eigenvalue weighted by atomic mass is 35.6. The third-order valence-corrected chi connectivity index (χ3v) is 1.38. The van der Waals surface area contributed by atoms with Gasteiger partial charge in [-0.25, -0.2) is 0 Å². The smallest absolute Gasteiger partial charge is 0.309 e. The van der Waals surface area contributed by atoms with Crippen LogP contribution < -0.4 is 0 Å². The fraction of sp³-hybridized carbons (Fsp3) is 0. The van der Waals surface area contributed by atoms with Crippen molar-refractivity contribution in [2.75, 3.05) is 0 Å². The minimum Gasteiger partial charge on any atom is -0.309 e. The molecule has 0 aliphatic carbocycles. The van der Waals surface area contributed by atoms with Gasteiger partial charge in [0.25, 0.3) is 0 Å². The molecule has 47 valence electrons. The third kappa shape index (κ3) is 7.23. The van der Waals surface area contributed by atoms with Gasteiger partial charge < -0.3 is 18.1 Å². The number of hydrogen-bond acceptors (Lipinski definition) is 1. The third-order valence-electron chi connectivity index (χ3n) is 0.439. The molecule has 1 aromatic heterocycles. The molecule has 1 radical (unpaired) electrons. The summed E-state index contributed by atoms with van der Waals surface area (Å²) in [5.74, 6) is 0. The average Bonchev–Trinajstić information content (AvgIpc) is 2.20. The van der Waals surface area contributed by atoms with E-state index in [1.165, 1.54) is 11.3 Å². The zero-order valence-corrected chi connectivity index (χ0v) is 8.90. The minimum atomic E-state index is -0.639. The van der Waals surface area contributed by atoms with Crippen molar-refractivity contribution in [2.45, 2.75) is 0 Å². The summed E-state index contributed by atoms with van der Waals surface area (Å²) in [6.45, 7) is 0. The lowest BCUT2D eigenvalue weighted by molar-refractivity contribution is 2.01. The van der Waals surface area contributed by atoms with Gasteiger partial charge in [-0.15, -0.1) is 11.3 Å². The second kappa shape index (κ2) is 7.44. The number of thiophene rings is 1. The molecule has 0 fully saturated rings. The van der Waals surface area contributed by atoms with Crippen LogP contribution >= 0.6 is 41.1 Å². The molecule has 0 aliphatic heterocycles. The fourth-order valence-electron chi connectivity index (χ4n) is 0.224. The highest BCUT2D eigenvalue weighted by molar-refractivity contribution is 7.22. The monoisotopic (exact) mass is 211 g/mol. The van der Waals surface area contributed by atoms with Crippen LogP contribution in [-0.2, 0) is 0 Å². The molecular weight excluding hydrogens is 211 g/mol. The van der Waals surface area contributed by atoms with E-state index in [0.717, 1.165) is 4.34 Å². The lowest BCUT2D eigenvalue weighted by atomic mass is 10.7. The molecule has 0 nitrogen and oxygen atoms in total. The molecule has 0 aromatic carbocycles. The van der Waals surface area contributed by atoms with E-state index in [4.69, 9.17) is 29.7 Å². The number of hydrogen-bond donors (Lipinski definition) is 0. The zero-order chi connectivity index (χ0) is 7.11. The van der Waals surface area contributed by atoms with Gasteiger partial charge in [-0.1, -0.05) is 11.6 Å². The molecule has 0 unspecified atom stereocenters. The van der Waals surface area contributed by atoms with Crippen LogP contribution in [0.2, 0.25) is 4.34 Å². The van der Waals surface area contributed by atoms with E-state index in [0.29, 0.717) is 0 Å². The average molecular weight is 213 g/mol. The van der Waals surface area contributed by atoms with Crippen LogP contribution in [0.4, 0.5) is 0 Å². The first-order chi connectivity index (χ1) is 4.31. The molecule has 0 amide bonds. The molecule has 0 N–H and O–H groups in total. The quantitative estimate of drug-likeness (QED) is 0.580. The molecule has 0 bridgehead atoms. The summed E-state index contributed by atoms with van der Waals surface area (Å²) in [7, 11) is 9.81. The second-order valence-corrected chi connectivity index (χ2v) is 5.10. The van der Waals surface area contributed by atoms with Crippen molar-refractivity contribution in [1.29, 1.82) is 0 Å². The highest BCUT2D eigenvalue weighted by Crippen LogP contribution is 2.12. The molecule has 0 saturated carbocycles. The van der Waals surface area contributed by atoms with Gasteiger partial charge in [-0.2, -0.15) is 0 Å². The van der Waals surface area contributed by atoms with E-state index >= 15 is 0 Å². The van der Waals surface area contributed by atoms with Crippen LogP contribution in [0.25, 0.3) is 0 Å². The van der Waals surface area contributed by atoms with Crippen molar-refractivity contribution in [3.63, 3.8) is 0 Å². The van der Waals surface area contributed by atoms with Crippen LogP contribution in [0, 0.1) is 5.38 Å². The van der Waals surface area contributed by atoms with E-state index in [1.807, 2.05) is 6.07 Å². The Morgan fingerprint density at radius 2 is 2.11 bits per heavy atom. The number of rotatable bonds is 0. The Morgan fingerprint density at radius 3 is 2.22 bits per heavy atom. The molecule has 1 aromatic rings. The van der Waals surface area contributed by atoms with Crippen LogP contribution in [0.3, 0.4) is 0 Å². The molecular formula is C4H2Cl3MgS. The fourth-order valence-corrected chi connectivity index (χ4v) is 0.805. The Balaban J connectivity index is 0.000000187. The molecule has 0 saturated heterocycles. The van der Waals surface area contributed by atoms with Crippen molar-refractivity contribution >= 4 is 59.2 Å². The normalized spacial score (nSPS) is 7.00. The maximum Gasteiger partial charge on any atom is 0.618 e. The van der Waals surface area contributed by atoms with Crippen molar-refractivity contribution < 1.29 is 0 Å². The maximum absolute atomic E-state index is 5.44. The first-order valence-electron chi connectivity index (χ1n) is 2.04. The summed E-state index contributed by atoms with van der Waals surface area (Å²) in [4.78, 5) is 0. The summed E-state index contributed by atoms with van der Waals surface area (Å²) in [5.41, 5.74) is 0. The first-order valence-corrected chi connectivity index (χ1v) is 7.51. The van der Waals surface area contributed by atoms with Crippen molar-refractivity contribution in [3.8, 4) is 0 Å². The van der Waals surface area contributed by atoms with Crippen LogP contribution in [0.1, 0.15) is 0 Å². The Morgan fingerprint density at radius 1 is 1.56 bits per heavy atom. The minimum absolute atomic E-state index is 0.639. The summed E-state index contributed by atoms with van der Waals surface area (Å²) in [5, 5.41) is 2.84. The van der Waals surface area contributed by atoms with E-state index in [2.05, 4.69) is 5.38 Å². The molecule has 5 heteroatoms. The van der Waals surface area contributed by atoms with Gasteiger partial charge in [0.05, 0.1) is 4.34 Å².